The highest BCUT2D eigenvalue weighted by Gasteiger charge is 2.38. The zero-order chi connectivity index (χ0) is 14.5. The van der Waals surface area contributed by atoms with Crippen LogP contribution < -0.4 is 11.5 Å². The van der Waals surface area contributed by atoms with E-state index in [9.17, 15) is 9.59 Å². The van der Waals surface area contributed by atoms with E-state index in [1.165, 1.54) is 0 Å². The number of nitrogens with two attached hydrogens (primary N) is 2. The number of piperidine rings is 1. The van der Waals surface area contributed by atoms with Crippen LogP contribution in [0.5, 0.6) is 0 Å². The molecule has 1 unspecified atom stereocenters. The second kappa shape index (κ2) is 6.89. The topological polar surface area (TPSA) is 89.4 Å². The van der Waals surface area contributed by atoms with E-state index in [1.807, 2.05) is 18.7 Å². The summed E-state index contributed by atoms with van der Waals surface area (Å²) in [6.07, 6.45) is 3.81. The van der Waals surface area contributed by atoms with Crippen LogP contribution in [0.3, 0.4) is 0 Å². The predicted octanol–water partition coefficient (Wildman–Crippen LogP) is 0.866. The minimum atomic E-state index is -0.436. The molecule has 110 valence electrons. The Bertz CT molecular complexity index is 318. The molecule has 0 aromatic heterocycles. The van der Waals surface area contributed by atoms with Crippen molar-refractivity contribution in [3.05, 3.63) is 0 Å². The Balaban J connectivity index is 2.73. The largest absolute Gasteiger partial charge is 0.370 e. The normalized spacial score (nSPS) is 20.4. The standard InChI is InChI=1S/C14H27N3O2/c1-3-14(4-2,10-15)13(19)17-7-5-6-11(9-17)8-12(16)18/h11H,3-10,15H2,1-2H3,(H2,16,18). The maximum atomic E-state index is 12.7. The molecule has 2 amide bonds. The molecule has 0 saturated carbocycles. The first-order valence-corrected chi connectivity index (χ1v) is 7.26. The van der Waals surface area contributed by atoms with Gasteiger partial charge in [0.1, 0.15) is 0 Å². The van der Waals surface area contributed by atoms with Crippen molar-refractivity contribution in [1.29, 1.82) is 0 Å². The molecule has 19 heavy (non-hydrogen) atoms. The van der Waals surface area contributed by atoms with Crippen molar-refractivity contribution in [2.24, 2.45) is 22.8 Å². The molecule has 0 aliphatic carbocycles. The van der Waals surface area contributed by atoms with Gasteiger partial charge in [-0.05, 0) is 31.6 Å². The second-order valence-electron chi connectivity index (χ2n) is 5.62. The molecule has 5 nitrogen and oxygen atoms in total. The van der Waals surface area contributed by atoms with E-state index in [0.717, 1.165) is 32.2 Å². The molecule has 1 heterocycles. The van der Waals surface area contributed by atoms with E-state index in [0.29, 0.717) is 19.5 Å². The molecule has 0 aromatic carbocycles. The number of carbonyl (C=O) groups is 2. The van der Waals surface area contributed by atoms with Gasteiger partial charge in [-0.25, -0.2) is 0 Å². The molecular weight excluding hydrogens is 242 g/mol. The quantitative estimate of drug-likeness (QED) is 0.749. The fourth-order valence-electron chi connectivity index (χ4n) is 2.96. The van der Waals surface area contributed by atoms with E-state index in [2.05, 4.69) is 0 Å². The Morgan fingerprint density at radius 1 is 1.32 bits per heavy atom. The van der Waals surface area contributed by atoms with Crippen molar-refractivity contribution in [3.8, 4) is 0 Å². The molecule has 1 atom stereocenters. The molecule has 4 N–H and O–H groups in total. The van der Waals surface area contributed by atoms with Gasteiger partial charge in [-0.15, -0.1) is 0 Å². The van der Waals surface area contributed by atoms with Gasteiger partial charge < -0.3 is 16.4 Å². The number of carbonyl (C=O) groups excluding carboxylic acids is 2. The van der Waals surface area contributed by atoms with Crippen LogP contribution >= 0.6 is 0 Å². The fraction of sp³-hybridized carbons (Fsp3) is 0.857. The van der Waals surface area contributed by atoms with Crippen molar-refractivity contribution in [2.45, 2.75) is 46.0 Å². The summed E-state index contributed by atoms with van der Waals surface area (Å²) in [6.45, 7) is 5.83. The molecular formula is C14H27N3O2. The van der Waals surface area contributed by atoms with Gasteiger partial charge in [0.2, 0.25) is 11.8 Å². The monoisotopic (exact) mass is 269 g/mol. The zero-order valence-corrected chi connectivity index (χ0v) is 12.2. The zero-order valence-electron chi connectivity index (χ0n) is 12.2. The summed E-state index contributed by atoms with van der Waals surface area (Å²) in [5.41, 5.74) is 10.6. The lowest BCUT2D eigenvalue weighted by Gasteiger charge is -2.39. The summed E-state index contributed by atoms with van der Waals surface area (Å²) in [7, 11) is 0. The van der Waals surface area contributed by atoms with Crippen molar-refractivity contribution < 1.29 is 9.59 Å². The van der Waals surface area contributed by atoms with Gasteiger partial charge in [0.05, 0.1) is 5.41 Å². The van der Waals surface area contributed by atoms with E-state index in [4.69, 9.17) is 11.5 Å². The summed E-state index contributed by atoms with van der Waals surface area (Å²) in [5.74, 6) is 0.0731. The van der Waals surface area contributed by atoms with Gasteiger partial charge in [0, 0.05) is 26.1 Å². The van der Waals surface area contributed by atoms with Crippen LogP contribution in [-0.4, -0.2) is 36.3 Å². The lowest BCUT2D eigenvalue weighted by Crippen LogP contribution is -2.51. The first-order valence-electron chi connectivity index (χ1n) is 7.26. The molecule has 5 heteroatoms. The van der Waals surface area contributed by atoms with Crippen LogP contribution in [0.4, 0.5) is 0 Å². The molecule has 0 bridgehead atoms. The van der Waals surface area contributed by atoms with Gasteiger partial charge >= 0.3 is 0 Å². The number of rotatable bonds is 6. The van der Waals surface area contributed by atoms with Crippen molar-refractivity contribution in [2.75, 3.05) is 19.6 Å². The number of amides is 2. The van der Waals surface area contributed by atoms with E-state index < -0.39 is 5.41 Å². The van der Waals surface area contributed by atoms with Gasteiger partial charge in [-0.2, -0.15) is 0 Å². The fourth-order valence-corrected chi connectivity index (χ4v) is 2.96. The van der Waals surface area contributed by atoms with E-state index in [1.54, 1.807) is 0 Å². The van der Waals surface area contributed by atoms with Crippen LogP contribution in [-0.2, 0) is 9.59 Å². The van der Waals surface area contributed by atoms with Crippen LogP contribution in [0.15, 0.2) is 0 Å². The number of primary amides is 1. The minimum Gasteiger partial charge on any atom is -0.370 e. The molecule has 0 spiro atoms. The lowest BCUT2D eigenvalue weighted by molar-refractivity contribution is -0.144. The molecule has 0 radical (unpaired) electrons. The molecule has 1 fully saturated rings. The second-order valence-corrected chi connectivity index (χ2v) is 5.62. The number of hydrogen-bond donors (Lipinski definition) is 2. The van der Waals surface area contributed by atoms with E-state index >= 15 is 0 Å². The maximum absolute atomic E-state index is 12.7. The highest BCUT2D eigenvalue weighted by atomic mass is 16.2. The Morgan fingerprint density at radius 2 is 1.95 bits per heavy atom. The summed E-state index contributed by atoms with van der Waals surface area (Å²) < 4.78 is 0. The Morgan fingerprint density at radius 3 is 2.42 bits per heavy atom. The summed E-state index contributed by atoms with van der Waals surface area (Å²) in [6, 6.07) is 0. The predicted molar refractivity (Wildman–Crippen MR) is 75.2 cm³/mol. The maximum Gasteiger partial charge on any atom is 0.230 e. The number of nitrogens with zero attached hydrogens (tertiary/aromatic N) is 1. The van der Waals surface area contributed by atoms with Gasteiger partial charge in [-0.1, -0.05) is 13.8 Å². The molecule has 1 rings (SSSR count). The Labute approximate surface area is 115 Å². The minimum absolute atomic E-state index is 0.147. The highest BCUT2D eigenvalue weighted by Crippen LogP contribution is 2.30. The number of likely N-dealkylation sites (tertiary alicyclic amines) is 1. The van der Waals surface area contributed by atoms with Gasteiger partial charge in [-0.3, -0.25) is 9.59 Å². The lowest BCUT2D eigenvalue weighted by atomic mass is 9.80. The van der Waals surface area contributed by atoms with Crippen molar-refractivity contribution in [1.82, 2.24) is 4.90 Å². The SMILES string of the molecule is CCC(CC)(CN)C(=O)N1CCCC(CC(N)=O)C1. The Hall–Kier alpha value is -1.10. The van der Waals surface area contributed by atoms with E-state index in [-0.39, 0.29) is 17.7 Å². The summed E-state index contributed by atoms with van der Waals surface area (Å²) in [4.78, 5) is 25.6. The molecule has 1 aliphatic heterocycles. The van der Waals surface area contributed by atoms with Gasteiger partial charge in [0.25, 0.3) is 0 Å². The third-order valence-corrected chi connectivity index (χ3v) is 4.49. The molecule has 1 saturated heterocycles. The van der Waals surface area contributed by atoms with Crippen molar-refractivity contribution in [3.63, 3.8) is 0 Å². The third-order valence-electron chi connectivity index (χ3n) is 4.49. The third kappa shape index (κ3) is 3.69. The summed E-state index contributed by atoms with van der Waals surface area (Å²) >= 11 is 0. The molecule has 1 aliphatic rings. The molecule has 0 aromatic rings. The summed E-state index contributed by atoms with van der Waals surface area (Å²) in [5, 5.41) is 0. The van der Waals surface area contributed by atoms with Crippen molar-refractivity contribution >= 4 is 11.8 Å². The van der Waals surface area contributed by atoms with Crippen LogP contribution in [0, 0.1) is 11.3 Å². The Kier molecular flexibility index (Phi) is 5.79. The first kappa shape index (κ1) is 16.0. The van der Waals surface area contributed by atoms with Crippen LogP contribution in [0.25, 0.3) is 0 Å². The highest BCUT2D eigenvalue weighted by molar-refractivity contribution is 5.83. The first-order chi connectivity index (χ1) is 8.99. The average Bonchev–Trinajstić information content (AvgIpc) is 2.40. The average molecular weight is 269 g/mol. The van der Waals surface area contributed by atoms with Gasteiger partial charge in [0.15, 0.2) is 0 Å². The number of hydrogen-bond acceptors (Lipinski definition) is 3. The van der Waals surface area contributed by atoms with Crippen LogP contribution in [0.1, 0.15) is 46.0 Å². The smallest absolute Gasteiger partial charge is 0.230 e. The van der Waals surface area contributed by atoms with Crippen LogP contribution in [0.2, 0.25) is 0 Å².